The first-order valence-corrected chi connectivity index (χ1v) is 12.1. The van der Waals surface area contributed by atoms with Crippen LogP contribution < -0.4 is 5.32 Å². The number of ketones is 1. The number of hydrogen-bond donors (Lipinski definition) is 1. The van der Waals surface area contributed by atoms with Crippen LogP contribution in [0.15, 0.2) is 95.8 Å². The van der Waals surface area contributed by atoms with E-state index in [0.29, 0.717) is 34.0 Å². The van der Waals surface area contributed by atoms with E-state index >= 15 is 0 Å². The fourth-order valence-corrected chi connectivity index (χ4v) is 5.70. The van der Waals surface area contributed by atoms with E-state index in [1.807, 2.05) is 73.7 Å². The molecule has 1 aromatic heterocycles. The van der Waals surface area contributed by atoms with Crippen LogP contribution in [0.2, 0.25) is 5.02 Å². The van der Waals surface area contributed by atoms with Crippen LogP contribution >= 0.6 is 11.6 Å². The maximum Gasteiger partial charge on any atom is 0.336 e. The summed E-state index contributed by atoms with van der Waals surface area (Å²) in [5.41, 5.74) is 6.93. The van der Waals surface area contributed by atoms with Crippen molar-refractivity contribution in [3.63, 3.8) is 0 Å². The van der Waals surface area contributed by atoms with Crippen molar-refractivity contribution in [2.45, 2.75) is 19.4 Å². The van der Waals surface area contributed by atoms with Gasteiger partial charge in [0, 0.05) is 51.1 Å². The standard InChI is InChI=1S/C30H23ClN2O3/c1-17-25(30(35)36-2)26(27-28(32-17)21-11-3-4-12-22(21)29(27)34)23-16-33(24-13-6-5-10-20(23)24)15-18-8-7-9-19(31)14-18/h3-14,16,26,32H,15H2,1-2H3/t26-/m0/s1. The number of nitrogens with one attached hydrogen (secondary N) is 1. The summed E-state index contributed by atoms with van der Waals surface area (Å²) < 4.78 is 7.36. The number of esters is 1. The molecular formula is C30H23ClN2O3. The van der Waals surface area contributed by atoms with Crippen molar-refractivity contribution in [1.29, 1.82) is 0 Å². The van der Waals surface area contributed by atoms with Crippen molar-refractivity contribution >= 4 is 40.0 Å². The van der Waals surface area contributed by atoms with Crippen LogP contribution in [0.5, 0.6) is 0 Å². The van der Waals surface area contributed by atoms with Crippen molar-refractivity contribution in [3.8, 4) is 0 Å². The van der Waals surface area contributed by atoms with Crippen LogP contribution in [0.3, 0.4) is 0 Å². The normalized spacial score (nSPS) is 16.8. The SMILES string of the molecule is COC(=O)C1=C(C)NC2=C(C(=O)c3ccccc32)[C@H]1c1cn(Cc2cccc(Cl)c2)c2ccccc12. The van der Waals surface area contributed by atoms with E-state index in [-0.39, 0.29) is 5.78 Å². The second-order valence-electron chi connectivity index (χ2n) is 9.11. The molecule has 6 rings (SSSR count). The molecule has 0 bridgehead atoms. The minimum Gasteiger partial charge on any atom is -0.466 e. The molecule has 1 N–H and O–H groups in total. The number of hydrogen-bond acceptors (Lipinski definition) is 4. The fourth-order valence-electron chi connectivity index (χ4n) is 5.49. The number of halogens is 1. The number of aromatic nitrogens is 1. The Kier molecular flexibility index (Phi) is 5.31. The van der Waals surface area contributed by atoms with Crippen molar-refractivity contribution in [2.24, 2.45) is 0 Å². The number of carbonyl (C=O) groups excluding carboxylic acids is 2. The Balaban J connectivity index is 1.58. The van der Waals surface area contributed by atoms with E-state index in [2.05, 4.69) is 22.1 Å². The number of para-hydroxylation sites is 1. The predicted molar refractivity (Wildman–Crippen MR) is 141 cm³/mol. The molecule has 0 saturated heterocycles. The first-order valence-electron chi connectivity index (χ1n) is 11.7. The molecule has 0 amide bonds. The maximum atomic E-state index is 13.8. The molecule has 1 atom stereocenters. The van der Waals surface area contributed by atoms with E-state index in [1.165, 1.54) is 7.11 Å². The van der Waals surface area contributed by atoms with Gasteiger partial charge in [0.05, 0.1) is 24.3 Å². The molecule has 0 radical (unpaired) electrons. The summed E-state index contributed by atoms with van der Waals surface area (Å²) in [5, 5.41) is 5.01. The number of methoxy groups -OCH3 is 1. The first-order chi connectivity index (χ1) is 17.5. The Morgan fingerprint density at radius 2 is 1.78 bits per heavy atom. The molecule has 5 nitrogen and oxygen atoms in total. The van der Waals surface area contributed by atoms with Gasteiger partial charge in [-0.1, -0.05) is 66.2 Å². The lowest BCUT2D eigenvalue weighted by molar-refractivity contribution is -0.136. The number of nitrogens with zero attached hydrogens (tertiary/aromatic N) is 1. The highest BCUT2D eigenvalue weighted by molar-refractivity contribution is 6.30. The number of allylic oxidation sites excluding steroid dienone is 2. The van der Waals surface area contributed by atoms with Crippen LogP contribution in [0.4, 0.5) is 0 Å². The highest BCUT2D eigenvalue weighted by Gasteiger charge is 2.43. The molecule has 0 saturated carbocycles. The smallest absolute Gasteiger partial charge is 0.336 e. The molecule has 0 spiro atoms. The average Bonchev–Trinajstić information content (AvgIpc) is 3.38. The van der Waals surface area contributed by atoms with Crippen LogP contribution in [0.25, 0.3) is 16.6 Å². The van der Waals surface area contributed by atoms with Crippen molar-refractivity contribution < 1.29 is 14.3 Å². The third-order valence-corrected chi connectivity index (χ3v) is 7.26. The number of benzene rings is 3. The van der Waals surface area contributed by atoms with Gasteiger partial charge in [-0.3, -0.25) is 4.79 Å². The third-order valence-electron chi connectivity index (χ3n) is 7.03. The molecule has 0 fully saturated rings. The number of Topliss-reactive ketones (excluding diaryl/α,β-unsaturated/α-hetero) is 1. The highest BCUT2D eigenvalue weighted by Crippen LogP contribution is 2.48. The van der Waals surface area contributed by atoms with E-state index < -0.39 is 11.9 Å². The lowest BCUT2D eigenvalue weighted by atomic mass is 9.79. The molecule has 3 aromatic carbocycles. The van der Waals surface area contributed by atoms with Gasteiger partial charge in [0.2, 0.25) is 0 Å². The first kappa shape index (κ1) is 22.4. The van der Waals surface area contributed by atoms with Gasteiger partial charge in [-0.15, -0.1) is 0 Å². The minimum absolute atomic E-state index is 0.0707. The van der Waals surface area contributed by atoms with Gasteiger partial charge in [0.1, 0.15) is 0 Å². The summed E-state index contributed by atoms with van der Waals surface area (Å²) in [7, 11) is 1.37. The average molecular weight is 495 g/mol. The summed E-state index contributed by atoms with van der Waals surface area (Å²) in [5.74, 6) is -1.09. The molecular weight excluding hydrogens is 472 g/mol. The van der Waals surface area contributed by atoms with Gasteiger partial charge >= 0.3 is 5.97 Å². The largest absolute Gasteiger partial charge is 0.466 e. The van der Waals surface area contributed by atoms with E-state index in [9.17, 15) is 9.59 Å². The molecule has 1 aliphatic heterocycles. The number of ether oxygens (including phenoxy) is 1. The van der Waals surface area contributed by atoms with Crippen molar-refractivity contribution in [2.75, 3.05) is 7.11 Å². The summed E-state index contributed by atoms with van der Waals surface area (Å²) in [4.78, 5) is 26.9. The van der Waals surface area contributed by atoms with Crippen molar-refractivity contribution in [1.82, 2.24) is 9.88 Å². The summed E-state index contributed by atoms with van der Waals surface area (Å²) in [6.45, 7) is 2.46. The number of carbonyl (C=O) groups is 2. The van der Waals surface area contributed by atoms with Gasteiger partial charge in [-0.05, 0) is 36.2 Å². The Bertz CT molecular complexity index is 1640. The quantitative estimate of drug-likeness (QED) is 0.349. The lowest BCUT2D eigenvalue weighted by Gasteiger charge is -2.28. The second-order valence-corrected chi connectivity index (χ2v) is 9.55. The molecule has 6 heteroatoms. The monoisotopic (exact) mass is 494 g/mol. The third kappa shape index (κ3) is 3.39. The van der Waals surface area contributed by atoms with E-state index in [0.717, 1.165) is 33.3 Å². The summed E-state index contributed by atoms with van der Waals surface area (Å²) >= 11 is 6.25. The molecule has 0 unspecified atom stereocenters. The zero-order chi connectivity index (χ0) is 25.0. The topological polar surface area (TPSA) is 60.3 Å². The fraction of sp³-hybridized carbons (Fsp3) is 0.133. The Morgan fingerprint density at radius 3 is 2.56 bits per heavy atom. The summed E-state index contributed by atoms with van der Waals surface area (Å²) in [6, 6.07) is 23.4. The molecule has 36 heavy (non-hydrogen) atoms. The van der Waals surface area contributed by atoms with Gasteiger partial charge in [-0.2, -0.15) is 0 Å². The number of fused-ring (bicyclic) bond motifs is 3. The minimum atomic E-state index is -0.570. The van der Waals surface area contributed by atoms with Gasteiger partial charge in [0.15, 0.2) is 5.78 Å². The Hall–Kier alpha value is -4.09. The molecule has 2 heterocycles. The number of rotatable bonds is 4. The van der Waals surface area contributed by atoms with Crippen molar-refractivity contribution in [3.05, 3.63) is 123 Å². The molecule has 178 valence electrons. The van der Waals surface area contributed by atoms with E-state index in [4.69, 9.17) is 16.3 Å². The molecule has 2 aliphatic rings. The molecule has 4 aromatic rings. The molecule has 1 aliphatic carbocycles. The van der Waals surface area contributed by atoms with Crippen LogP contribution in [0, 0.1) is 0 Å². The lowest BCUT2D eigenvalue weighted by Crippen LogP contribution is -2.29. The Labute approximate surface area is 213 Å². The van der Waals surface area contributed by atoms with Gasteiger partial charge < -0.3 is 14.6 Å². The number of dihydropyridines is 1. The zero-order valence-electron chi connectivity index (χ0n) is 19.8. The van der Waals surface area contributed by atoms with Crippen LogP contribution in [0.1, 0.15) is 39.9 Å². The predicted octanol–water partition coefficient (Wildman–Crippen LogP) is 6.08. The maximum absolute atomic E-state index is 13.8. The Morgan fingerprint density at radius 1 is 1.03 bits per heavy atom. The van der Waals surface area contributed by atoms with Crippen LogP contribution in [-0.2, 0) is 16.1 Å². The zero-order valence-corrected chi connectivity index (χ0v) is 20.6. The highest BCUT2D eigenvalue weighted by atomic mass is 35.5. The second kappa shape index (κ2) is 8.54. The van der Waals surface area contributed by atoms with E-state index in [1.54, 1.807) is 0 Å². The van der Waals surface area contributed by atoms with Crippen LogP contribution in [-0.4, -0.2) is 23.4 Å². The van der Waals surface area contributed by atoms with Gasteiger partial charge in [-0.25, -0.2) is 4.79 Å². The summed E-state index contributed by atoms with van der Waals surface area (Å²) in [6.07, 6.45) is 2.05. The van der Waals surface area contributed by atoms with Gasteiger partial charge in [0.25, 0.3) is 0 Å².